The van der Waals surface area contributed by atoms with Gasteiger partial charge in [-0.3, -0.25) is 9.69 Å². The normalized spacial score (nSPS) is 20.3. The lowest BCUT2D eigenvalue weighted by molar-refractivity contribution is -0.130. The average molecular weight is 485 g/mol. The first-order valence-corrected chi connectivity index (χ1v) is 13.5. The van der Waals surface area contributed by atoms with Crippen molar-refractivity contribution in [1.29, 1.82) is 0 Å². The van der Waals surface area contributed by atoms with Crippen molar-refractivity contribution < 1.29 is 18.0 Å². The second-order valence-corrected chi connectivity index (χ2v) is 10.8. The van der Waals surface area contributed by atoms with Crippen LogP contribution in [0.2, 0.25) is 0 Å². The number of carbonyl (C=O) groups is 2. The number of nitrogens with zero attached hydrogens (tertiary/aromatic N) is 3. The molecule has 0 radical (unpaired) electrons. The number of hydrogen-bond donors (Lipinski definition) is 1. The Bertz CT molecular complexity index is 1090. The zero-order valence-electron chi connectivity index (χ0n) is 19.5. The monoisotopic (exact) mass is 484 g/mol. The minimum Gasteiger partial charge on any atom is -0.304 e. The third kappa shape index (κ3) is 5.65. The van der Waals surface area contributed by atoms with Gasteiger partial charge < -0.3 is 4.90 Å². The second kappa shape index (κ2) is 10.7. The summed E-state index contributed by atoms with van der Waals surface area (Å²) >= 11 is 0. The van der Waals surface area contributed by atoms with Gasteiger partial charge in [0, 0.05) is 25.7 Å². The highest BCUT2D eigenvalue weighted by atomic mass is 32.2. The predicted molar refractivity (Wildman–Crippen MR) is 130 cm³/mol. The minimum atomic E-state index is -3.26. The maximum atomic E-state index is 13.5. The fourth-order valence-electron chi connectivity index (χ4n) is 4.64. The van der Waals surface area contributed by atoms with E-state index in [1.165, 1.54) is 4.90 Å². The van der Waals surface area contributed by atoms with Gasteiger partial charge in [-0.1, -0.05) is 67.6 Å². The molecule has 4 rings (SSSR count). The number of carbonyl (C=O) groups excluding carboxylic acids is 2. The van der Waals surface area contributed by atoms with Gasteiger partial charge >= 0.3 is 6.03 Å². The van der Waals surface area contributed by atoms with E-state index in [1.54, 1.807) is 4.90 Å². The molecule has 0 aliphatic carbocycles. The van der Waals surface area contributed by atoms with Gasteiger partial charge in [0.15, 0.2) is 0 Å². The number of benzene rings is 2. The quantitative estimate of drug-likeness (QED) is 0.553. The van der Waals surface area contributed by atoms with Crippen LogP contribution >= 0.6 is 0 Å². The minimum absolute atomic E-state index is 0.107. The molecule has 2 aliphatic heterocycles. The van der Waals surface area contributed by atoms with Gasteiger partial charge in [0.25, 0.3) is 5.91 Å². The van der Waals surface area contributed by atoms with Gasteiger partial charge in [-0.25, -0.2) is 22.8 Å². The van der Waals surface area contributed by atoms with E-state index in [1.807, 2.05) is 67.6 Å². The fraction of sp³-hybridized carbons (Fsp3) is 0.440. The maximum Gasteiger partial charge on any atom is 0.329 e. The van der Waals surface area contributed by atoms with Crippen molar-refractivity contribution >= 4 is 22.0 Å². The third-order valence-electron chi connectivity index (χ3n) is 6.35. The Hall–Kier alpha value is -2.75. The molecular weight excluding hydrogens is 452 g/mol. The zero-order chi connectivity index (χ0) is 24.1. The Morgan fingerprint density at radius 1 is 0.941 bits per heavy atom. The van der Waals surface area contributed by atoms with Crippen molar-refractivity contribution in [3.63, 3.8) is 0 Å². The number of urea groups is 1. The number of rotatable bonds is 9. The summed E-state index contributed by atoms with van der Waals surface area (Å²) in [5.41, 5.74) is 1.76. The van der Waals surface area contributed by atoms with Crippen molar-refractivity contribution in [2.45, 2.75) is 44.8 Å². The topological polar surface area (TPSA) is 90.0 Å². The molecule has 3 amide bonds. The molecule has 2 fully saturated rings. The molecular formula is C25H32N4O4S. The Labute approximate surface area is 201 Å². The lowest BCUT2D eigenvalue weighted by Crippen LogP contribution is -2.49. The van der Waals surface area contributed by atoms with E-state index >= 15 is 0 Å². The Kier molecular flexibility index (Phi) is 7.65. The van der Waals surface area contributed by atoms with E-state index in [0.717, 1.165) is 11.1 Å². The molecule has 34 heavy (non-hydrogen) atoms. The average Bonchev–Trinajstić information content (AvgIpc) is 3.05. The molecule has 2 aromatic carbocycles. The van der Waals surface area contributed by atoms with Crippen LogP contribution in [0.1, 0.15) is 43.4 Å². The smallest absolute Gasteiger partial charge is 0.304 e. The first-order chi connectivity index (χ1) is 16.4. The van der Waals surface area contributed by atoms with Crippen LogP contribution in [-0.4, -0.2) is 66.6 Å². The molecule has 1 unspecified atom stereocenters. The molecule has 182 valence electrons. The number of piperidine rings is 1. The summed E-state index contributed by atoms with van der Waals surface area (Å²) in [5, 5.41) is 0. The first kappa shape index (κ1) is 24.4. The summed E-state index contributed by atoms with van der Waals surface area (Å²) in [6.07, 6.45) is 1.87. The van der Waals surface area contributed by atoms with Crippen molar-refractivity contribution in [2.24, 2.45) is 0 Å². The highest BCUT2D eigenvalue weighted by molar-refractivity contribution is 7.89. The number of imide groups is 1. The predicted octanol–water partition coefficient (Wildman–Crippen LogP) is 2.94. The van der Waals surface area contributed by atoms with E-state index in [9.17, 15) is 18.0 Å². The molecule has 1 N–H and O–H groups in total. The lowest BCUT2D eigenvalue weighted by Gasteiger charge is -2.33. The maximum absolute atomic E-state index is 13.5. The summed E-state index contributed by atoms with van der Waals surface area (Å²) in [6.45, 7) is 3.63. The molecule has 0 bridgehead atoms. The number of hydrogen-bond acceptors (Lipinski definition) is 5. The van der Waals surface area contributed by atoms with Crippen molar-refractivity contribution in [3.05, 3.63) is 71.8 Å². The molecule has 2 heterocycles. The SMILES string of the molecule is CCCS(=O)(=O)NC1CCN(CN2C(=O)C(c3ccccc3)N(Cc3ccccc3)C2=O)CC1. The molecule has 0 saturated carbocycles. The van der Waals surface area contributed by atoms with Crippen LogP contribution in [0.5, 0.6) is 0 Å². The zero-order valence-corrected chi connectivity index (χ0v) is 20.3. The summed E-state index contributed by atoms with van der Waals surface area (Å²) in [6, 6.07) is 18.0. The molecule has 2 aliphatic rings. The fourth-order valence-corrected chi connectivity index (χ4v) is 6.04. The molecule has 0 spiro atoms. The molecule has 2 aromatic rings. The van der Waals surface area contributed by atoms with Crippen molar-refractivity contribution in [1.82, 2.24) is 19.4 Å². The third-order valence-corrected chi connectivity index (χ3v) is 7.99. The lowest BCUT2D eigenvalue weighted by atomic mass is 10.1. The highest BCUT2D eigenvalue weighted by Crippen LogP contribution is 2.33. The van der Waals surface area contributed by atoms with Gasteiger partial charge in [-0.2, -0.15) is 0 Å². The Morgan fingerprint density at radius 3 is 2.18 bits per heavy atom. The second-order valence-electron chi connectivity index (χ2n) is 8.95. The van der Waals surface area contributed by atoms with Crippen LogP contribution in [0.3, 0.4) is 0 Å². The molecule has 0 aromatic heterocycles. The van der Waals surface area contributed by atoms with Crippen LogP contribution in [0, 0.1) is 0 Å². The highest BCUT2D eigenvalue weighted by Gasteiger charge is 2.46. The standard InChI is InChI=1S/C25H32N4O4S/c1-2-17-34(32,33)26-22-13-15-27(16-14-22)19-29-24(30)23(21-11-7-4-8-12-21)28(25(29)31)18-20-9-5-3-6-10-20/h3-12,22-23,26H,2,13-19H2,1H3. The van der Waals surface area contributed by atoms with Crippen LogP contribution < -0.4 is 4.72 Å². The van der Waals surface area contributed by atoms with Gasteiger partial charge in [0.2, 0.25) is 10.0 Å². The van der Waals surface area contributed by atoms with Crippen molar-refractivity contribution in [2.75, 3.05) is 25.5 Å². The van der Waals surface area contributed by atoms with E-state index in [2.05, 4.69) is 9.62 Å². The number of nitrogens with one attached hydrogen (secondary N) is 1. The van der Waals surface area contributed by atoms with Gasteiger partial charge in [0.1, 0.15) is 6.04 Å². The van der Waals surface area contributed by atoms with Crippen LogP contribution in [0.15, 0.2) is 60.7 Å². The number of amides is 3. The molecule has 9 heteroatoms. The summed E-state index contributed by atoms with van der Waals surface area (Å²) in [7, 11) is -3.26. The summed E-state index contributed by atoms with van der Waals surface area (Å²) in [5.74, 6) is -0.0971. The number of likely N-dealkylation sites (tertiary alicyclic amines) is 1. The van der Waals surface area contributed by atoms with Crippen LogP contribution in [-0.2, 0) is 21.4 Å². The van der Waals surface area contributed by atoms with E-state index in [4.69, 9.17) is 0 Å². The van der Waals surface area contributed by atoms with Gasteiger partial charge in [0.05, 0.1) is 12.4 Å². The van der Waals surface area contributed by atoms with E-state index in [0.29, 0.717) is 38.9 Å². The van der Waals surface area contributed by atoms with Crippen LogP contribution in [0.4, 0.5) is 4.79 Å². The van der Waals surface area contributed by atoms with E-state index < -0.39 is 16.1 Å². The first-order valence-electron chi connectivity index (χ1n) is 11.8. The van der Waals surface area contributed by atoms with Gasteiger partial charge in [-0.05, 0) is 30.4 Å². The largest absolute Gasteiger partial charge is 0.329 e. The molecule has 1 atom stereocenters. The Morgan fingerprint density at radius 2 is 1.56 bits per heavy atom. The summed E-state index contributed by atoms with van der Waals surface area (Å²) < 4.78 is 26.9. The van der Waals surface area contributed by atoms with E-state index in [-0.39, 0.29) is 30.4 Å². The Balaban J connectivity index is 1.45. The van der Waals surface area contributed by atoms with Crippen LogP contribution in [0.25, 0.3) is 0 Å². The van der Waals surface area contributed by atoms with Crippen molar-refractivity contribution in [3.8, 4) is 0 Å². The van der Waals surface area contributed by atoms with Gasteiger partial charge in [-0.15, -0.1) is 0 Å². The number of sulfonamides is 1. The molecule has 2 saturated heterocycles. The molecule has 8 nitrogen and oxygen atoms in total. The summed E-state index contributed by atoms with van der Waals surface area (Å²) in [4.78, 5) is 31.9.